The van der Waals surface area contributed by atoms with E-state index in [-0.39, 0.29) is 0 Å². The van der Waals surface area contributed by atoms with Crippen molar-refractivity contribution >= 4 is 0 Å². The lowest BCUT2D eigenvalue weighted by atomic mass is 10.0. The molecular formula is C13H19NO2. The first kappa shape index (κ1) is 11.3. The topological polar surface area (TPSA) is 30.5 Å². The van der Waals surface area contributed by atoms with E-state index in [0.717, 1.165) is 24.6 Å². The van der Waals surface area contributed by atoms with Gasteiger partial charge in [-0.1, -0.05) is 19.9 Å². The number of hydrogen-bond acceptors (Lipinski definition) is 3. The molecule has 0 aliphatic carbocycles. The van der Waals surface area contributed by atoms with Crippen molar-refractivity contribution in [2.75, 3.05) is 26.3 Å². The molecule has 2 rings (SSSR count). The minimum Gasteiger partial charge on any atom is -0.486 e. The molecule has 1 aromatic carbocycles. The summed E-state index contributed by atoms with van der Waals surface area (Å²) in [6.45, 7) is 7.65. The van der Waals surface area contributed by atoms with Gasteiger partial charge in [-0.15, -0.1) is 0 Å². The number of nitrogens with one attached hydrogen (secondary N) is 1. The third-order valence-corrected chi connectivity index (χ3v) is 2.84. The van der Waals surface area contributed by atoms with Crippen LogP contribution in [0.25, 0.3) is 0 Å². The number of hydrogen-bond donors (Lipinski definition) is 1. The van der Waals surface area contributed by atoms with Crippen molar-refractivity contribution in [2.24, 2.45) is 0 Å². The fraction of sp³-hybridized carbons (Fsp3) is 0.538. The summed E-state index contributed by atoms with van der Waals surface area (Å²) in [7, 11) is 0. The monoisotopic (exact) mass is 221 g/mol. The summed E-state index contributed by atoms with van der Waals surface area (Å²) in [5, 5.41) is 3.35. The maximum Gasteiger partial charge on any atom is 0.161 e. The number of likely N-dealkylation sites (N-methyl/N-ethyl adjacent to an activating group) is 1. The molecule has 1 aliphatic heterocycles. The van der Waals surface area contributed by atoms with Gasteiger partial charge in [0.25, 0.3) is 0 Å². The third kappa shape index (κ3) is 2.47. The van der Waals surface area contributed by atoms with Gasteiger partial charge in [0.2, 0.25) is 0 Å². The molecule has 1 N–H and O–H groups in total. The van der Waals surface area contributed by atoms with Crippen LogP contribution in [0.5, 0.6) is 11.5 Å². The number of fused-ring (bicyclic) bond motifs is 1. The zero-order valence-corrected chi connectivity index (χ0v) is 9.95. The van der Waals surface area contributed by atoms with E-state index in [1.807, 2.05) is 6.07 Å². The third-order valence-electron chi connectivity index (χ3n) is 2.84. The van der Waals surface area contributed by atoms with Crippen LogP contribution in [0, 0.1) is 0 Å². The van der Waals surface area contributed by atoms with Crippen LogP contribution < -0.4 is 14.8 Å². The molecule has 1 atom stereocenters. The molecular weight excluding hydrogens is 202 g/mol. The Morgan fingerprint density at radius 3 is 2.75 bits per heavy atom. The van der Waals surface area contributed by atoms with Gasteiger partial charge in [0, 0.05) is 6.54 Å². The van der Waals surface area contributed by atoms with Crippen LogP contribution in [0.3, 0.4) is 0 Å². The van der Waals surface area contributed by atoms with E-state index in [1.165, 1.54) is 5.56 Å². The van der Waals surface area contributed by atoms with Gasteiger partial charge < -0.3 is 14.8 Å². The van der Waals surface area contributed by atoms with Crippen molar-refractivity contribution in [1.82, 2.24) is 5.32 Å². The molecule has 0 aromatic heterocycles. The van der Waals surface area contributed by atoms with Gasteiger partial charge in [-0.2, -0.15) is 0 Å². The van der Waals surface area contributed by atoms with E-state index >= 15 is 0 Å². The molecule has 0 saturated carbocycles. The Morgan fingerprint density at radius 2 is 2.00 bits per heavy atom. The van der Waals surface area contributed by atoms with Crippen LogP contribution in [0.2, 0.25) is 0 Å². The van der Waals surface area contributed by atoms with Gasteiger partial charge in [-0.05, 0) is 30.2 Å². The molecule has 0 bridgehead atoms. The van der Waals surface area contributed by atoms with Crippen LogP contribution in [0.15, 0.2) is 18.2 Å². The maximum atomic E-state index is 5.57. The zero-order valence-electron chi connectivity index (χ0n) is 9.95. The normalized spacial score (nSPS) is 15.9. The first-order valence-corrected chi connectivity index (χ1v) is 5.91. The lowest BCUT2D eigenvalue weighted by Gasteiger charge is -2.20. The molecule has 0 fully saturated rings. The van der Waals surface area contributed by atoms with Crippen molar-refractivity contribution in [3.05, 3.63) is 23.8 Å². The van der Waals surface area contributed by atoms with Crippen LogP contribution >= 0.6 is 0 Å². The van der Waals surface area contributed by atoms with Crippen LogP contribution in [-0.2, 0) is 0 Å². The summed E-state index contributed by atoms with van der Waals surface area (Å²) < 4.78 is 11.1. The van der Waals surface area contributed by atoms with Crippen molar-refractivity contribution in [1.29, 1.82) is 0 Å². The van der Waals surface area contributed by atoms with E-state index in [4.69, 9.17) is 9.47 Å². The van der Waals surface area contributed by atoms with Crippen LogP contribution in [-0.4, -0.2) is 26.3 Å². The van der Waals surface area contributed by atoms with Crippen molar-refractivity contribution in [2.45, 2.75) is 19.8 Å². The Bertz CT molecular complexity index is 352. The fourth-order valence-corrected chi connectivity index (χ4v) is 1.85. The van der Waals surface area contributed by atoms with Crippen LogP contribution in [0.4, 0.5) is 0 Å². The first-order chi connectivity index (χ1) is 7.81. The van der Waals surface area contributed by atoms with Crippen LogP contribution in [0.1, 0.15) is 25.3 Å². The Hall–Kier alpha value is -1.22. The second-order valence-electron chi connectivity index (χ2n) is 4.11. The summed E-state index contributed by atoms with van der Waals surface area (Å²) in [6, 6.07) is 6.22. The summed E-state index contributed by atoms with van der Waals surface area (Å²) in [6.07, 6.45) is 0. The Kier molecular flexibility index (Phi) is 3.67. The van der Waals surface area contributed by atoms with Gasteiger partial charge in [0.1, 0.15) is 13.2 Å². The predicted octanol–water partition coefficient (Wildman–Crippen LogP) is 2.17. The Morgan fingerprint density at radius 1 is 1.25 bits per heavy atom. The number of rotatable bonds is 4. The van der Waals surface area contributed by atoms with Gasteiger partial charge in [0.05, 0.1) is 0 Å². The van der Waals surface area contributed by atoms with Crippen molar-refractivity contribution in [3.63, 3.8) is 0 Å². The summed E-state index contributed by atoms with van der Waals surface area (Å²) in [5.74, 6) is 2.24. The Balaban J connectivity index is 2.10. The number of ether oxygens (including phenoxy) is 2. The van der Waals surface area contributed by atoms with E-state index in [9.17, 15) is 0 Å². The second kappa shape index (κ2) is 5.21. The average Bonchev–Trinajstić information content (AvgIpc) is 2.35. The summed E-state index contributed by atoms with van der Waals surface area (Å²) >= 11 is 0. The summed E-state index contributed by atoms with van der Waals surface area (Å²) in [5.41, 5.74) is 1.30. The zero-order chi connectivity index (χ0) is 11.4. The first-order valence-electron chi connectivity index (χ1n) is 5.91. The maximum absolute atomic E-state index is 5.57. The molecule has 1 heterocycles. The average molecular weight is 221 g/mol. The lowest BCUT2D eigenvalue weighted by Crippen LogP contribution is -2.20. The molecule has 3 nitrogen and oxygen atoms in total. The highest BCUT2D eigenvalue weighted by atomic mass is 16.6. The van der Waals surface area contributed by atoms with Gasteiger partial charge in [-0.3, -0.25) is 0 Å². The smallest absolute Gasteiger partial charge is 0.161 e. The van der Waals surface area contributed by atoms with E-state index < -0.39 is 0 Å². The van der Waals surface area contributed by atoms with Crippen molar-refractivity contribution < 1.29 is 9.47 Å². The predicted molar refractivity (Wildman–Crippen MR) is 64.4 cm³/mol. The molecule has 3 heteroatoms. The van der Waals surface area contributed by atoms with E-state index in [0.29, 0.717) is 19.1 Å². The number of benzene rings is 1. The van der Waals surface area contributed by atoms with Gasteiger partial charge >= 0.3 is 0 Å². The molecule has 0 saturated heterocycles. The van der Waals surface area contributed by atoms with E-state index in [2.05, 4.69) is 31.3 Å². The molecule has 0 spiro atoms. The molecule has 0 amide bonds. The highest BCUT2D eigenvalue weighted by Gasteiger charge is 2.13. The van der Waals surface area contributed by atoms with Gasteiger partial charge in [-0.25, -0.2) is 0 Å². The molecule has 1 aliphatic rings. The summed E-state index contributed by atoms with van der Waals surface area (Å²) in [4.78, 5) is 0. The second-order valence-corrected chi connectivity index (χ2v) is 4.11. The van der Waals surface area contributed by atoms with Crippen molar-refractivity contribution in [3.8, 4) is 11.5 Å². The van der Waals surface area contributed by atoms with E-state index in [1.54, 1.807) is 0 Å². The SMILES string of the molecule is CCNCC(C)c1ccc2c(c1)OCCO2. The molecule has 16 heavy (non-hydrogen) atoms. The molecule has 1 aromatic rings. The highest BCUT2D eigenvalue weighted by molar-refractivity contribution is 5.44. The standard InChI is InChI=1S/C13H19NO2/c1-3-14-9-10(2)11-4-5-12-13(8-11)16-7-6-15-12/h4-5,8,10,14H,3,6-7,9H2,1-2H3. The fourth-order valence-electron chi connectivity index (χ4n) is 1.85. The minimum absolute atomic E-state index is 0.496. The van der Waals surface area contributed by atoms with Gasteiger partial charge in [0.15, 0.2) is 11.5 Å². The molecule has 0 radical (unpaired) electrons. The molecule has 1 unspecified atom stereocenters. The minimum atomic E-state index is 0.496. The lowest BCUT2D eigenvalue weighted by molar-refractivity contribution is 0.171. The largest absolute Gasteiger partial charge is 0.486 e. The quantitative estimate of drug-likeness (QED) is 0.845. The Labute approximate surface area is 96.8 Å². The molecule has 88 valence electrons. The highest BCUT2D eigenvalue weighted by Crippen LogP contribution is 2.32.